The molecule has 0 N–H and O–H groups in total. The lowest BCUT2D eigenvalue weighted by atomic mass is 10.2. The first-order chi connectivity index (χ1) is 12.4. The fraction of sp³-hybridized carbons (Fsp3) is 0.278. The Labute approximate surface area is 155 Å². The van der Waals surface area contributed by atoms with Crippen LogP contribution in [-0.2, 0) is 14.6 Å². The van der Waals surface area contributed by atoms with Gasteiger partial charge < -0.3 is 4.90 Å². The van der Waals surface area contributed by atoms with Crippen LogP contribution in [0.1, 0.15) is 6.42 Å². The Hall–Kier alpha value is -1.93. The van der Waals surface area contributed by atoms with Crippen molar-refractivity contribution in [2.75, 3.05) is 22.2 Å². The van der Waals surface area contributed by atoms with Crippen molar-refractivity contribution in [2.45, 2.75) is 17.4 Å². The Morgan fingerprint density at radius 3 is 2.50 bits per heavy atom. The molecule has 0 aliphatic carbocycles. The van der Waals surface area contributed by atoms with E-state index in [9.17, 15) is 22.0 Å². The van der Waals surface area contributed by atoms with Crippen molar-refractivity contribution in [1.82, 2.24) is 0 Å². The second-order valence-electron chi connectivity index (χ2n) is 6.02. The van der Waals surface area contributed by atoms with Gasteiger partial charge in [-0.15, -0.1) is 11.8 Å². The van der Waals surface area contributed by atoms with E-state index in [0.29, 0.717) is 12.1 Å². The summed E-state index contributed by atoms with van der Waals surface area (Å²) in [5.74, 6) is -1.82. The van der Waals surface area contributed by atoms with Crippen molar-refractivity contribution in [3.05, 3.63) is 60.2 Å². The Morgan fingerprint density at radius 2 is 1.88 bits per heavy atom. The minimum absolute atomic E-state index is 0.0496. The normalized spacial score (nSPS) is 18.6. The number of halogens is 2. The minimum Gasteiger partial charge on any atom is -0.308 e. The Kier molecular flexibility index (Phi) is 5.62. The molecule has 1 atom stereocenters. The molecule has 26 heavy (non-hydrogen) atoms. The summed E-state index contributed by atoms with van der Waals surface area (Å²) in [5, 5.41) is 0. The smallest absolute Gasteiger partial charge is 0.237 e. The largest absolute Gasteiger partial charge is 0.308 e. The van der Waals surface area contributed by atoms with Gasteiger partial charge in [0.25, 0.3) is 0 Å². The van der Waals surface area contributed by atoms with Crippen molar-refractivity contribution in [3.63, 3.8) is 0 Å². The molecule has 1 saturated heterocycles. The number of benzene rings is 2. The minimum atomic E-state index is -3.16. The van der Waals surface area contributed by atoms with Gasteiger partial charge in [-0.3, -0.25) is 4.79 Å². The number of nitrogens with zero attached hydrogens (tertiary/aromatic N) is 1. The summed E-state index contributed by atoms with van der Waals surface area (Å²) in [7, 11) is -3.16. The zero-order valence-electron chi connectivity index (χ0n) is 13.8. The predicted octanol–water partition coefficient (Wildman–Crippen LogP) is 3.28. The van der Waals surface area contributed by atoms with Crippen molar-refractivity contribution < 1.29 is 22.0 Å². The summed E-state index contributed by atoms with van der Waals surface area (Å²) in [5.41, 5.74) is 0.611. The molecular formula is C18H17F2NO3S2. The van der Waals surface area contributed by atoms with Crippen LogP contribution in [0.5, 0.6) is 0 Å². The molecule has 0 aromatic heterocycles. The predicted molar refractivity (Wildman–Crippen MR) is 98.1 cm³/mol. The van der Waals surface area contributed by atoms with Gasteiger partial charge in [-0.2, -0.15) is 0 Å². The van der Waals surface area contributed by atoms with E-state index >= 15 is 0 Å². The van der Waals surface area contributed by atoms with Crippen LogP contribution in [0.3, 0.4) is 0 Å². The van der Waals surface area contributed by atoms with Gasteiger partial charge in [0.15, 0.2) is 9.84 Å². The van der Waals surface area contributed by atoms with Gasteiger partial charge in [-0.25, -0.2) is 17.2 Å². The number of sulfone groups is 1. The highest BCUT2D eigenvalue weighted by Crippen LogP contribution is 2.28. The van der Waals surface area contributed by atoms with Crippen LogP contribution in [-0.4, -0.2) is 37.6 Å². The number of anilines is 1. The van der Waals surface area contributed by atoms with E-state index in [1.165, 1.54) is 11.0 Å². The first kappa shape index (κ1) is 18.8. The van der Waals surface area contributed by atoms with Crippen molar-refractivity contribution in [2.24, 2.45) is 0 Å². The van der Waals surface area contributed by atoms with Gasteiger partial charge in [0.05, 0.1) is 23.3 Å². The van der Waals surface area contributed by atoms with Gasteiger partial charge in [0.2, 0.25) is 5.91 Å². The Balaban J connectivity index is 1.79. The zero-order chi connectivity index (χ0) is 18.7. The monoisotopic (exact) mass is 397 g/mol. The maximum Gasteiger partial charge on any atom is 0.237 e. The molecule has 1 amide bonds. The number of para-hydroxylation sites is 1. The second-order valence-corrected chi connectivity index (χ2v) is 9.27. The van der Waals surface area contributed by atoms with Gasteiger partial charge >= 0.3 is 0 Å². The number of hydrogen-bond acceptors (Lipinski definition) is 4. The van der Waals surface area contributed by atoms with E-state index in [4.69, 9.17) is 0 Å². The second kappa shape index (κ2) is 7.75. The van der Waals surface area contributed by atoms with Gasteiger partial charge in [0.1, 0.15) is 11.6 Å². The molecule has 1 aliphatic heterocycles. The molecule has 1 fully saturated rings. The van der Waals surface area contributed by atoms with Crippen LogP contribution in [0, 0.1) is 11.6 Å². The summed E-state index contributed by atoms with van der Waals surface area (Å²) < 4.78 is 50.4. The average molecular weight is 397 g/mol. The third-order valence-corrected chi connectivity index (χ3v) is 6.91. The molecule has 1 aliphatic rings. The van der Waals surface area contributed by atoms with E-state index in [-0.39, 0.29) is 28.1 Å². The van der Waals surface area contributed by atoms with Crippen LogP contribution in [0.15, 0.2) is 53.4 Å². The van der Waals surface area contributed by atoms with Crippen LogP contribution in [0.25, 0.3) is 0 Å². The van der Waals surface area contributed by atoms with Crippen LogP contribution >= 0.6 is 11.8 Å². The number of rotatable bonds is 5. The lowest BCUT2D eigenvalue weighted by molar-refractivity contribution is -0.116. The molecule has 2 aromatic rings. The van der Waals surface area contributed by atoms with E-state index in [0.717, 1.165) is 23.9 Å². The molecule has 1 heterocycles. The number of amides is 1. The standard InChI is InChI=1S/C18H17F2NO3S2/c19-13-6-7-17(16(20)10-13)25-11-18(22)21(14-4-2-1-3-5-14)15-8-9-26(23,24)12-15/h1-7,10,15H,8-9,11-12H2/t15-/m0/s1. The molecule has 0 saturated carbocycles. The molecule has 0 unspecified atom stereocenters. The van der Waals surface area contributed by atoms with E-state index in [1.54, 1.807) is 30.3 Å². The van der Waals surface area contributed by atoms with Gasteiger partial charge in [-0.1, -0.05) is 18.2 Å². The Bertz CT molecular complexity index is 904. The summed E-state index contributed by atoms with van der Waals surface area (Å²) in [6, 6.07) is 11.6. The summed E-state index contributed by atoms with van der Waals surface area (Å²) in [6.07, 6.45) is 0.374. The summed E-state index contributed by atoms with van der Waals surface area (Å²) in [4.78, 5) is 14.5. The maximum atomic E-state index is 13.8. The maximum absolute atomic E-state index is 13.8. The number of hydrogen-bond donors (Lipinski definition) is 0. The first-order valence-electron chi connectivity index (χ1n) is 8.01. The molecule has 8 heteroatoms. The lowest BCUT2D eigenvalue weighted by Crippen LogP contribution is -2.42. The molecule has 0 spiro atoms. The van der Waals surface area contributed by atoms with Crippen LogP contribution in [0.2, 0.25) is 0 Å². The number of carbonyl (C=O) groups excluding carboxylic acids is 1. The SMILES string of the molecule is O=C(CSc1ccc(F)cc1F)N(c1ccccc1)[C@H]1CCS(=O)(=O)C1. The zero-order valence-corrected chi connectivity index (χ0v) is 15.4. The van der Waals surface area contributed by atoms with Crippen molar-refractivity contribution >= 4 is 33.2 Å². The summed E-state index contributed by atoms with van der Waals surface area (Å²) in [6.45, 7) is 0. The topological polar surface area (TPSA) is 54.5 Å². The molecule has 0 bridgehead atoms. The highest BCUT2D eigenvalue weighted by molar-refractivity contribution is 8.00. The first-order valence-corrected chi connectivity index (χ1v) is 10.8. The van der Waals surface area contributed by atoms with Crippen LogP contribution in [0.4, 0.5) is 14.5 Å². The quantitative estimate of drug-likeness (QED) is 0.727. The summed E-state index contributed by atoms with van der Waals surface area (Å²) >= 11 is 0.963. The highest BCUT2D eigenvalue weighted by Gasteiger charge is 2.35. The molecular weight excluding hydrogens is 380 g/mol. The van der Waals surface area contributed by atoms with Crippen LogP contribution < -0.4 is 4.90 Å². The lowest BCUT2D eigenvalue weighted by Gasteiger charge is -2.28. The molecule has 0 radical (unpaired) electrons. The van der Waals surface area contributed by atoms with Crippen molar-refractivity contribution in [1.29, 1.82) is 0 Å². The fourth-order valence-electron chi connectivity index (χ4n) is 2.93. The molecule has 138 valence electrons. The van der Waals surface area contributed by atoms with E-state index in [2.05, 4.69) is 0 Å². The van der Waals surface area contributed by atoms with E-state index < -0.39 is 27.5 Å². The third kappa shape index (κ3) is 4.42. The average Bonchev–Trinajstić information content (AvgIpc) is 2.95. The third-order valence-electron chi connectivity index (χ3n) is 4.12. The molecule has 3 rings (SSSR count). The number of carbonyl (C=O) groups is 1. The molecule has 4 nitrogen and oxygen atoms in total. The van der Waals surface area contributed by atoms with Gasteiger partial charge in [0, 0.05) is 16.6 Å². The fourth-order valence-corrected chi connectivity index (χ4v) is 5.41. The van der Waals surface area contributed by atoms with Gasteiger partial charge in [-0.05, 0) is 30.7 Å². The van der Waals surface area contributed by atoms with Crippen molar-refractivity contribution in [3.8, 4) is 0 Å². The Morgan fingerprint density at radius 1 is 1.15 bits per heavy atom. The number of thioether (sulfide) groups is 1. The van der Waals surface area contributed by atoms with E-state index in [1.807, 2.05) is 0 Å². The molecule has 2 aromatic carbocycles. The highest BCUT2D eigenvalue weighted by atomic mass is 32.2.